The van der Waals surface area contributed by atoms with Gasteiger partial charge in [-0.15, -0.1) is 0 Å². The van der Waals surface area contributed by atoms with Gasteiger partial charge in [-0.3, -0.25) is 4.98 Å². The fourth-order valence-electron chi connectivity index (χ4n) is 2.00. The van der Waals surface area contributed by atoms with Crippen molar-refractivity contribution in [3.63, 3.8) is 0 Å². The first-order chi connectivity index (χ1) is 8.82. The predicted molar refractivity (Wildman–Crippen MR) is 75.8 cm³/mol. The molecular weight excluding hydrogens is 234 g/mol. The molecular formula is C16H22N3+. The molecule has 0 spiro atoms. The van der Waals surface area contributed by atoms with E-state index in [9.17, 15) is 0 Å². The van der Waals surface area contributed by atoms with Gasteiger partial charge >= 0.3 is 0 Å². The molecule has 0 aliphatic carbocycles. The molecule has 0 aliphatic heterocycles. The van der Waals surface area contributed by atoms with Gasteiger partial charge in [0.1, 0.15) is 5.54 Å². The van der Waals surface area contributed by atoms with Crippen LogP contribution in [0.25, 0.3) is 0 Å². The average Bonchev–Trinajstić information content (AvgIpc) is 2.39. The van der Waals surface area contributed by atoms with Crippen LogP contribution in [0.3, 0.4) is 0 Å². The molecule has 2 aromatic heterocycles. The lowest BCUT2D eigenvalue weighted by Crippen LogP contribution is -2.53. The van der Waals surface area contributed by atoms with Gasteiger partial charge in [0.2, 0.25) is 0 Å². The van der Waals surface area contributed by atoms with Crippen molar-refractivity contribution in [2.24, 2.45) is 0 Å². The summed E-state index contributed by atoms with van der Waals surface area (Å²) in [4.78, 5) is 8.78. The molecule has 19 heavy (non-hydrogen) atoms. The van der Waals surface area contributed by atoms with Crippen LogP contribution in [0.4, 0.5) is 0 Å². The molecule has 0 amide bonds. The molecule has 100 valence electrons. The maximum atomic E-state index is 4.58. The van der Waals surface area contributed by atoms with Gasteiger partial charge in [0, 0.05) is 29.4 Å². The van der Waals surface area contributed by atoms with Crippen molar-refractivity contribution < 1.29 is 4.57 Å². The number of nitrogens with zero attached hydrogens (tertiary/aromatic N) is 3. The molecule has 2 aromatic rings. The van der Waals surface area contributed by atoms with Crippen LogP contribution < -0.4 is 4.57 Å². The summed E-state index contributed by atoms with van der Waals surface area (Å²) in [7, 11) is 0. The van der Waals surface area contributed by atoms with Gasteiger partial charge in [-0.05, 0) is 19.9 Å². The van der Waals surface area contributed by atoms with E-state index >= 15 is 0 Å². The zero-order valence-electron chi connectivity index (χ0n) is 12.4. The molecule has 0 saturated heterocycles. The third kappa shape index (κ3) is 2.80. The highest BCUT2D eigenvalue weighted by Crippen LogP contribution is 2.20. The topological polar surface area (TPSA) is 29.7 Å². The summed E-state index contributed by atoms with van der Waals surface area (Å²) in [6.45, 7) is 10.9. The Morgan fingerprint density at radius 3 is 2.26 bits per heavy atom. The van der Waals surface area contributed by atoms with Crippen molar-refractivity contribution in [1.29, 1.82) is 0 Å². The van der Waals surface area contributed by atoms with Gasteiger partial charge in [0.25, 0.3) is 6.33 Å². The second-order valence-corrected chi connectivity index (χ2v) is 6.40. The van der Waals surface area contributed by atoms with Gasteiger partial charge in [-0.2, -0.15) is 0 Å². The van der Waals surface area contributed by atoms with Crippen LogP contribution in [0.1, 0.15) is 45.9 Å². The Morgan fingerprint density at radius 1 is 1.05 bits per heavy atom. The summed E-state index contributed by atoms with van der Waals surface area (Å²) in [5, 5.41) is 0. The minimum atomic E-state index is -0.155. The molecule has 0 N–H and O–H groups in total. The second-order valence-electron chi connectivity index (χ2n) is 6.40. The monoisotopic (exact) mass is 256 g/mol. The lowest BCUT2D eigenvalue weighted by molar-refractivity contribution is -0.750. The first-order valence-corrected chi connectivity index (χ1v) is 6.60. The fraction of sp³-hybridized carbons (Fsp3) is 0.438. The lowest BCUT2D eigenvalue weighted by atomic mass is 9.91. The highest BCUT2D eigenvalue weighted by Gasteiger charge is 2.29. The predicted octanol–water partition coefficient (Wildman–Crippen LogP) is 2.85. The van der Waals surface area contributed by atoms with E-state index in [1.54, 1.807) is 6.20 Å². The number of rotatable bonds is 2. The SMILES string of the molecule is CC(C)(C)c1cc[n+](C(C)(C)c2cccnc2)cn1. The normalized spacial score (nSPS) is 12.5. The van der Waals surface area contributed by atoms with Crippen LogP contribution in [0.5, 0.6) is 0 Å². The van der Waals surface area contributed by atoms with Gasteiger partial charge in [0.05, 0.1) is 6.20 Å². The summed E-state index contributed by atoms with van der Waals surface area (Å²) in [5.41, 5.74) is 2.20. The second kappa shape index (κ2) is 4.72. The largest absolute Gasteiger partial charge is 0.287 e. The molecule has 0 radical (unpaired) electrons. The zero-order valence-corrected chi connectivity index (χ0v) is 12.4. The van der Waals surface area contributed by atoms with Crippen LogP contribution in [-0.2, 0) is 11.0 Å². The minimum absolute atomic E-state index is 0.0809. The van der Waals surface area contributed by atoms with Gasteiger partial charge in [-0.1, -0.05) is 31.8 Å². The number of hydrogen-bond acceptors (Lipinski definition) is 2. The molecule has 3 nitrogen and oxygen atoms in total. The number of aromatic nitrogens is 3. The van der Waals surface area contributed by atoms with Crippen molar-refractivity contribution in [1.82, 2.24) is 9.97 Å². The standard InChI is InChI=1S/C16H22N3/c1-15(2,3)14-8-10-19(12-18-14)16(4,5)13-7-6-9-17-11-13/h6-12H,1-5H3/q+1. The summed E-state index contributed by atoms with van der Waals surface area (Å²) >= 11 is 0. The lowest BCUT2D eigenvalue weighted by Gasteiger charge is -2.23. The third-order valence-corrected chi connectivity index (χ3v) is 3.50. The van der Waals surface area contributed by atoms with Crippen molar-refractivity contribution in [3.8, 4) is 0 Å². The molecule has 0 saturated carbocycles. The van der Waals surface area contributed by atoms with Gasteiger partial charge in [0.15, 0.2) is 5.69 Å². The van der Waals surface area contributed by atoms with E-state index < -0.39 is 0 Å². The van der Waals surface area contributed by atoms with Crippen LogP contribution in [0.2, 0.25) is 0 Å². The molecule has 0 bridgehead atoms. The molecule has 0 aromatic carbocycles. The number of pyridine rings is 1. The summed E-state index contributed by atoms with van der Waals surface area (Å²) in [5.74, 6) is 0. The molecule has 0 fully saturated rings. The molecule has 0 atom stereocenters. The molecule has 3 heteroatoms. The summed E-state index contributed by atoms with van der Waals surface area (Å²) in [6.07, 6.45) is 7.71. The van der Waals surface area contributed by atoms with Crippen LogP contribution >= 0.6 is 0 Å². The molecule has 2 rings (SSSR count). The molecule has 0 unspecified atom stereocenters. The van der Waals surface area contributed by atoms with E-state index in [2.05, 4.69) is 67.5 Å². The quantitative estimate of drug-likeness (QED) is 0.773. The van der Waals surface area contributed by atoms with Crippen molar-refractivity contribution >= 4 is 0 Å². The Labute approximate surface area is 115 Å². The van der Waals surface area contributed by atoms with Crippen molar-refractivity contribution in [2.75, 3.05) is 0 Å². The Balaban J connectivity index is 2.37. The maximum absolute atomic E-state index is 4.58. The zero-order chi connectivity index (χ0) is 14.1. The average molecular weight is 256 g/mol. The summed E-state index contributed by atoms with van der Waals surface area (Å²) < 4.78 is 2.12. The fourth-order valence-corrected chi connectivity index (χ4v) is 2.00. The Morgan fingerprint density at radius 2 is 1.79 bits per heavy atom. The first-order valence-electron chi connectivity index (χ1n) is 6.60. The molecule has 0 aliphatic rings. The van der Waals surface area contributed by atoms with E-state index in [1.807, 2.05) is 18.6 Å². The third-order valence-electron chi connectivity index (χ3n) is 3.50. The van der Waals surface area contributed by atoms with E-state index in [1.165, 1.54) is 5.56 Å². The van der Waals surface area contributed by atoms with Gasteiger partial charge in [-0.25, -0.2) is 4.57 Å². The highest BCUT2D eigenvalue weighted by molar-refractivity contribution is 5.16. The Hall–Kier alpha value is -1.77. The van der Waals surface area contributed by atoms with E-state index in [0.29, 0.717) is 0 Å². The smallest absolute Gasteiger partial charge is 0.264 e. The van der Waals surface area contributed by atoms with Crippen LogP contribution in [0.15, 0.2) is 43.1 Å². The number of hydrogen-bond donors (Lipinski definition) is 0. The first kappa shape index (κ1) is 13.7. The highest BCUT2D eigenvalue weighted by atomic mass is 15.1. The van der Waals surface area contributed by atoms with Crippen LogP contribution in [0, 0.1) is 0 Å². The minimum Gasteiger partial charge on any atom is -0.264 e. The van der Waals surface area contributed by atoms with Crippen LogP contribution in [-0.4, -0.2) is 9.97 Å². The van der Waals surface area contributed by atoms with Crippen molar-refractivity contribution in [2.45, 2.75) is 45.6 Å². The Bertz CT molecular complexity index is 536. The Kier molecular flexibility index (Phi) is 3.40. The summed E-state index contributed by atoms with van der Waals surface area (Å²) in [6, 6.07) is 6.16. The van der Waals surface area contributed by atoms with E-state index in [4.69, 9.17) is 0 Å². The van der Waals surface area contributed by atoms with E-state index in [0.717, 1.165) is 5.69 Å². The van der Waals surface area contributed by atoms with E-state index in [-0.39, 0.29) is 11.0 Å². The molecule has 2 heterocycles. The maximum Gasteiger partial charge on any atom is 0.287 e. The van der Waals surface area contributed by atoms with Crippen molar-refractivity contribution in [3.05, 3.63) is 54.4 Å². The van der Waals surface area contributed by atoms with Gasteiger partial charge < -0.3 is 0 Å².